The van der Waals surface area contributed by atoms with Crippen LogP contribution < -0.4 is 4.74 Å². The zero-order chi connectivity index (χ0) is 14.9. The van der Waals surface area contributed by atoms with Crippen molar-refractivity contribution in [1.29, 1.82) is 0 Å². The Balaban J connectivity index is 2.63. The van der Waals surface area contributed by atoms with Crippen LogP contribution in [0.2, 0.25) is 0 Å². The number of halogens is 3. The molecule has 2 rings (SSSR count). The monoisotopic (exact) mass is 348 g/mol. The molecule has 1 N–H and O–H groups in total. The molecule has 0 amide bonds. The first-order valence-corrected chi connectivity index (χ1v) is 7.18. The summed E-state index contributed by atoms with van der Waals surface area (Å²) in [6.07, 6.45) is 2.93. The lowest BCUT2D eigenvalue weighted by Crippen LogP contribution is -2.39. The quantitative estimate of drug-likeness (QED) is 0.839. The SMILES string of the molecule is COc1c(Br)cc(C2(C(=O)O)CCCCC2)c(F)c1F. The zero-order valence-corrected chi connectivity index (χ0v) is 12.6. The molecule has 0 atom stereocenters. The van der Waals surface area contributed by atoms with E-state index in [0.717, 1.165) is 6.42 Å². The van der Waals surface area contributed by atoms with Crippen LogP contribution in [0, 0.1) is 11.6 Å². The molecule has 1 saturated carbocycles. The smallest absolute Gasteiger partial charge is 0.314 e. The Morgan fingerprint density at radius 2 is 1.90 bits per heavy atom. The van der Waals surface area contributed by atoms with E-state index in [1.807, 2.05) is 0 Å². The van der Waals surface area contributed by atoms with Gasteiger partial charge in [0.25, 0.3) is 0 Å². The molecular weight excluding hydrogens is 334 g/mol. The van der Waals surface area contributed by atoms with Crippen LogP contribution in [-0.4, -0.2) is 18.2 Å². The first kappa shape index (κ1) is 15.2. The molecule has 0 unspecified atom stereocenters. The van der Waals surface area contributed by atoms with Gasteiger partial charge >= 0.3 is 5.97 Å². The van der Waals surface area contributed by atoms with E-state index in [4.69, 9.17) is 4.74 Å². The Labute approximate surface area is 124 Å². The minimum absolute atomic E-state index is 0.102. The molecule has 1 aliphatic carbocycles. The van der Waals surface area contributed by atoms with Gasteiger partial charge in [-0.1, -0.05) is 19.3 Å². The predicted molar refractivity (Wildman–Crippen MR) is 73.0 cm³/mol. The van der Waals surface area contributed by atoms with Gasteiger partial charge in [-0.25, -0.2) is 4.39 Å². The van der Waals surface area contributed by atoms with Crippen LogP contribution in [-0.2, 0) is 10.2 Å². The van der Waals surface area contributed by atoms with Crippen molar-refractivity contribution in [2.24, 2.45) is 0 Å². The third-order valence-corrected chi connectivity index (χ3v) is 4.54. The minimum Gasteiger partial charge on any atom is -0.492 e. The molecule has 0 bridgehead atoms. The summed E-state index contributed by atoms with van der Waals surface area (Å²) in [5.74, 6) is -3.63. The van der Waals surface area contributed by atoms with E-state index in [-0.39, 0.29) is 15.8 Å². The lowest BCUT2D eigenvalue weighted by atomic mass is 9.69. The number of carboxylic acids is 1. The van der Waals surface area contributed by atoms with Crippen LogP contribution in [0.4, 0.5) is 8.78 Å². The van der Waals surface area contributed by atoms with Gasteiger partial charge < -0.3 is 9.84 Å². The fourth-order valence-corrected chi connectivity index (χ4v) is 3.43. The zero-order valence-electron chi connectivity index (χ0n) is 11.0. The molecule has 1 aromatic carbocycles. The first-order chi connectivity index (χ1) is 9.44. The van der Waals surface area contributed by atoms with Crippen molar-refractivity contribution in [3.8, 4) is 5.75 Å². The van der Waals surface area contributed by atoms with Crippen LogP contribution in [0.1, 0.15) is 37.7 Å². The first-order valence-electron chi connectivity index (χ1n) is 6.39. The molecule has 1 aromatic rings. The lowest BCUT2D eigenvalue weighted by Gasteiger charge is -2.34. The van der Waals surface area contributed by atoms with Gasteiger partial charge in [0.2, 0.25) is 5.82 Å². The van der Waals surface area contributed by atoms with Crippen LogP contribution >= 0.6 is 15.9 Å². The van der Waals surface area contributed by atoms with Crippen LogP contribution in [0.15, 0.2) is 10.5 Å². The third kappa shape index (κ3) is 2.30. The molecule has 6 heteroatoms. The van der Waals surface area contributed by atoms with Gasteiger partial charge in [-0.3, -0.25) is 4.79 Å². The Morgan fingerprint density at radius 3 is 2.40 bits per heavy atom. The fourth-order valence-electron chi connectivity index (χ4n) is 2.87. The molecule has 3 nitrogen and oxygen atoms in total. The maximum Gasteiger partial charge on any atom is 0.314 e. The van der Waals surface area contributed by atoms with Crippen molar-refractivity contribution in [2.45, 2.75) is 37.5 Å². The van der Waals surface area contributed by atoms with Crippen molar-refractivity contribution < 1.29 is 23.4 Å². The normalized spacial score (nSPS) is 17.8. The van der Waals surface area contributed by atoms with Crippen LogP contribution in [0.5, 0.6) is 5.75 Å². The van der Waals surface area contributed by atoms with E-state index >= 15 is 0 Å². The Bertz CT molecular complexity index is 540. The summed E-state index contributed by atoms with van der Waals surface area (Å²) in [7, 11) is 1.23. The maximum absolute atomic E-state index is 14.3. The summed E-state index contributed by atoms with van der Waals surface area (Å²) in [6.45, 7) is 0. The molecule has 110 valence electrons. The summed E-state index contributed by atoms with van der Waals surface area (Å²) < 4.78 is 33.3. The molecule has 0 radical (unpaired) electrons. The van der Waals surface area contributed by atoms with Gasteiger partial charge in [0.05, 0.1) is 17.0 Å². The highest BCUT2D eigenvalue weighted by Crippen LogP contribution is 2.44. The average molecular weight is 349 g/mol. The molecule has 0 spiro atoms. The van der Waals surface area contributed by atoms with Gasteiger partial charge in [-0.2, -0.15) is 4.39 Å². The molecule has 1 aliphatic rings. The van der Waals surface area contributed by atoms with Gasteiger partial charge in [-0.05, 0) is 34.8 Å². The van der Waals surface area contributed by atoms with E-state index in [1.54, 1.807) is 0 Å². The predicted octanol–water partition coefficient (Wildman–Crippen LogP) is 4.02. The van der Waals surface area contributed by atoms with E-state index in [2.05, 4.69) is 15.9 Å². The van der Waals surface area contributed by atoms with Crippen molar-refractivity contribution in [3.63, 3.8) is 0 Å². The number of carbonyl (C=O) groups is 1. The fraction of sp³-hybridized carbons (Fsp3) is 0.500. The van der Waals surface area contributed by atoms with Gasteiger partial charge in [0, 0.05) is 5.56 Å². The van der Waals surface area contributed by atoms with Crippen molar-refractivity contribution in [1.82, 2.24) is 0 Å². The van der Waals surface area contributed by atoms with E-state index in [9.17, 15) is 18.7 Å². The number of rotatable bonds is 3. The average Bonchev–Trinajstić information content (AvgIpc) is 2.44. The number of carboxylic acid groups (broad SMARTS) is 1. The molecule has 1 fully saturated rings. The van der Waals surface area contributed by atoms with E-state index in [0.29, 0.717) is 25.7 Å². The minimum atomic E-state index is -1.35. The van der Waals surface area contributed by atoms with Gasteiger partial charge in [-0.15, -0.1) is 0 Å². The summed E-state index contributed by atoms with van der Waals surface area (Å²) >= 11 is 3.11. The number of benzene rings is 1. The second kappa shape index (κ2) is 5.68. The second-order valence-electron chi connectivity index (χ2n) is 5.02. The van der Waals surface area contributed by atoms with Gasteiger partial charge in [0.15, 0.2) is 11.6 Å². The number of hydrogen-bond acceptors (Lipinski definition) is 2. The molecule has 0 heterocycles. The molecule has 0 saturated heterocycles. The second-order valence-corrected chi connectivity index (χ2v) is 5.87. The number of hydrogen-bond donors (Lipinski definition) is 1. The number of methoxy groups -OCH3 is 1. The Hall–Kier alpha value is -1.17. The van der Waals surface area contributed by atoms with Crippen molar-refractivity contribution in [2.75, 3.05) is 7.11 Å². The summed E-state index contributed by atoms with van der Waals surface area (Å²) in [5, 5.41) is 9.54. The van der Waals surface area contributed by atoms with Crippen LogP contribution in [0.3, 0.4) is 0 Å². The van der Waals surface area contributed by atoms with Gasteiger partial charge in [0.1, 0.15) is 0 Å². The molecule has 0 aliphatic heterocycles. The Morgan fingerprint density at radius 1 is 1.30 bits per heavy atom. The number of ether oxygens (including phenoxy) is 1. The maximum atomic E-state index is 14.3. The molecule has 20 heavy (non-hydrogen) atoms. The van der Waals surface area contributed by atoms with E-state index < -0.39 is 23.0 Å². The molecular formula is C14H15BrF2O3. The van der Waals surface area contributed by atoms with Crippen molar-refractivity contribution in [3.05, 3.63) is 27.7 Å². The molecule has 0 aromatic heterocycles. The third-order valence-electron chi connectivity index (χ3n) is 3.95. The highest BCUT2D eigenvalue weighted by atomic mass is 79.9. The van der Waals surface area contributed by atoms with Crippen molar-refractivity contribution >= 4 is 21.9 Å². The standard InChI is InChI=1S/C14H15BrF2O3/c1-20-12-9(15)7-8(10(16)11(12)17)14(13(18)19)5-3-2-4-6-14/h7H,2-6H2,1H3,(H,18,19). The highest BCUT2D eigenvalue weighted by Gasteiger charge is 2.44. The lowest BCUT2D eigenvalue weighted by molar-refractivity contribution is -0.145. The summed E-state index contributed by atoms with van der Waals surface area (Å²) in [4.78, 5) is 11.7. The number of aliphatic carboxylic acids is 1. The summed E-state index contributed by atoms with van der Waals surface area (Å²) in [5.41, 5.74) is -1.45. The highest BCUT2D eigenvalue weighted by molar-refractivity contribution is 9.10. The summed E-state index contributed by atoms with van der Waals surface area (Å²) in [6, 6.07) is 1.33. The van der Waals surface area contributed by atoms with Crippen LogP contribution in [0.25, 0.3) is 0 Å². The Kier molecular flexibility index (Phi) is 4.32. The largest absolute Gasteiger partial charge is 0.492 e. The topological polar surface area (TPSA) is 46.5 Å². The van der Waals surface area contributed by atoms with E-state index in [1.165, 1.54) is 13.2 Å².